The van der Waals surface area contributed by atoms with E-state index in [1.54, 1.807) is 7.11 Å². The van der Waals surface area contributed by atoms with E-state index in [4.69, 9.17) is 15.2 Å². The standard InChI is InChI=1S/C11H22N2O3/c1-15-6-7-16-8-11(14)13-10-5-3-2-4-9(10)12/h9-10H,2-8,12H2,1H3,(H,13,14). The number of hydrogen-bond donors (Lipinski definition) is 2. The zero-order valence-electron chi connectivity index (χ0n) is 9.91. The molecule has 0 radical (unpaired) electrons. The molecule has 0 aliphatic heterocycles. The Morgan fingerprint density at radius 1 is 1.38 bits per heavy atom. The van der Waals surface area contributed by atoms with Gasteiger partial charge in [-0.1, -0.05) is 12.8 Å². The number of nitrogens with one attached hydrogen (secondary N) is 1. The van der Waals surface area contributed by atoms with Crippen molar-refractivity contribution >= 4 is 5.91 Å². The average Bonchev–Trinajstić information content (AvgIpc) is 2.28. The van der Waals surface area contributed by atoms with E-state index in [1.165, 1.54) is 0 Å². The van der Waals surface area contributed by atoms with Gasteiger partial charge in [-0.25, -0.2) is 0 Å². The Morgan fingerprint density at radius 2 is 2.12 bits per heavy atom. The molecule has 1 aliphatic rings. The minimum Gasteiger partial charge on any atom is -0.382 e. The monoisotopic (exact) mass is 230 g/mol. The van der Waals surface area contributed by atoms with Crippen molar-refractivity contribution in [3.8, 4) is 0 Å². The topological polar surface area (TPSA) is 73.6 Å². The second-order valence-electron chi connectivity index (χ2n) is 4.17. The van der Waals surface area contributed by atoms with Crippen molar-refractivity contribution in [1.82, 2.24) is 5.32 Å². The Balaban J connectivity index is 2.12. The minimum atomic E-state index is -0.0848. The summed E-state index contributed by atoms with van der Waals surface area (Å²) in [6.07, 6.45) is 4.28. The van der Waals surface area contributed by atoms with Gasteiger partial charge in [-0.15, -0.1) is 0 Å². The van der Waals surface area contributed by atoms with E-state index in [0.717, 1.165) is 25.7 Å². The number of ether oxygens (including phenoxy) is 2. The molecule has 1 saturated carbocycles. The molecule has 3 N–H and O–H groups in total. The lowest BCUT2D eigenvalue weighted by Crippen LogP contribution is -2.50. The van der Waals surface area contributed by atoms with Gasteiger partial charge in [0.2, 0.25) is 5.91 Å². The maximum absolute atomic E-state index is 11.5. The van der Waals surface area contributed by atoms with Crippen molar-refractivity contribution in [3.05, 3.63) is 0 Å². The molecule has 0 spiro atoms. The fourth-order valence-corrected chi connectivity index (χ4v) is 1.89. The number of amides is 1. The normalized spacial score (nSPS) is 25.4. The molecular formula is C11H22N2O3. The Bertz CT molecular complexity index is 211. The highest BCUT2D eigenvalue weighted by Gasteiger charge is 2.22. The third-order valence-electron chi connectivity index (χ3n) is 2.83. The van der Waals surface area contributed by atoms with Crippen molar-refractivity contribution < 1.29 is 14.3 Å². The van der Waals surface area contributed by atoms with Gasteiger partial charge >= 0.3 is 0 Å². The fourth-order valence-electron chi connectivity index (χ4n) is 1.89. The van der Waals surface area contributed by atoms with E-state index >= 15 is 0 Å². The second kappa shape index (κ2) is 7.60. The van der Waals surface area contributed by atoms with Gasteiger partial charge in [-0.05, 0) is 12.8 Å². The van der Waals surface area contributed by atoms with E-state index in [2.05, 4.69) is 5.32 Å². The summed E-state index contributed by atoms with van der Waals surface area (Å²) in [6.45, 7) is 1.05. The third kappa shape index (κ3) is 4.92. The summed E-state index contributed by atoms with van der Waals surface area (Å²) < 4.78 is 9.95. The summed E-state index contributed by atoms with van der Waals surface area (Å²) in [5.41, 5.74) is 5.93. The van der Waals surface area contributed by atoms with Crippen LogP contribution in [0.3, 0.4) is 0 Å². The number of carbonyl (C=O) groups excluding carboxylic acids is 1. The van der Waals surface area contributed by atoms with Gasteiger partial charge in [0.05, 0.1) is 13.2 Å². The zero-order chi connectivity index (χ0) is 11.8. The zero-order valence-corrected chi connectivity index (χ0v) is 9.91. The first-order valence-corrected chi connectivity index (χ1v) is 5.85. The van der Waals surface area contributed by atoms with Gasteiger partial charge in [0.25, 0.3) is 0 Å². The van der Waals surface area contributed by atoms with Crippen LogP contribution >= 0.6 is 0 Å². The van der Waals surface area contributed by atoms with E-state index in [0.29, 0.717) is 13.2 Å². The molecule has 1 amide bonds. The fraction of sp³-hybridized carbons (Fsp3) is 0.909. The van der Waals surface area contributed by atoms with Crippen LogP contribution in [-0.4, -0.2) is 44.9 Å². The molecule has 0 aromatic heterocycles. The molecule has 0 aromatic rings. The van der Waals surface area contributed by atoms with Gasteiger partial charge in [-0.3, -0.25) is 4.79 Å². The van der Waals surface area contributed by atoms with Crippen molar-refractivity contribution in [2.75, 3.05) is 26.9 Å². The molecule has 1 fully saturated rings. The van der Waals surface area contributed by atoms with Crippen LogP contribution in [-0.2, 0) is 14.3 Å². The van der Waals surface area contributed by atoms with Gasteiger partial charge in [0.15, 0.2) is 0 Å². The summed E-state index contributed by atoms with van der Waals surface area (Å²) in [7, 11) is 1.60. The van der Waals surface area contributed by atoms with Gasteiger partial charge in [0, 0.05) is 19.2 Å². The Morgan fingerprint density at radius 3 is 2.81 bits per heavy atom. The second-order valence-corrected chi connectivity index (χ2v) is 4.17. The lowest BCUT2D eigenvalue weighted by atomic mass is 9.91. The number of hydrogen-bond acceptors (Lipinski definition) is 4. The largest absolute Gasteiger partial charge is 0.382 e. The predicted octanol–water partition coefficient (Wildman–Crippen LogP) is 0.0355. The van der Waals surface area contributed by atoms with Gasteiger partial charge < -0.3 is 20.5 Å². The Hall–Kier alpha value is -0.650. The van der Waals surface area contributed by atoms with Crippen LogP contribution < -0.4 is 11.1 Å². The van der Waals surface area contributed by atoms with Gasteiger partial charge in [-0.2, -0.15) is 0 Å². The quantitative estimate of drug-likeness (QED) is 0.632. The number of rotatable bonds is 6. The maximum Gasteiger partial charge on any atom is 0.246 e. The summed E-state index contributed by atoms with van der Waals surface area (Å²) in [6, 6.07) is 0.212. The predicted molar refractivity (Wildman–Crippen MR) is 61.1 cm³/mol. The van der Waals surface area contributed by atoms with Crippen molar-refractivity contribution in [3.63, 3.8) is 0 Å². The molecule has 0 heterocycles. The van der Waals surface area contributed by atoms with Crippen LogP contribution in [0.1, 0.15) is 25.7 Å². The Labute approximate surface area is 96.7 Å². The molecule has 2 atom stereocenters. The molecule has 16 heavy (non-hydrogen) atoms. The van der Waals surface area contributed by atoms with Crippen LogP contribution in [0.15, 0.2) is 0 Å². The summed E-state index contributed by atoms with van der Waals surface area (Å²) in [5, 5.41) is 2.92. The van der Waals surface area contributed by atoms with Gasteiger partial charge in [0.1, 0.15) is 6.61 Å². The molecule has 5 heteroatoms. The summed E-state index contributed by atoms with van der Waals surface area (Å²) in [4.78, 5) is 11.5. The third-order valence-corrected chi connectivity index (χ3v) is 2.83. The lowest BCUT2D eigenvalue weighted by Gasteiger charge is -2.29. The minimum absolute atomic E-state index is 0.0848. The van der Waals surface area contributed by atoms with Crippen LogP contribution in [0.4, 0.5) is 0 Å². The lowest BCUT2D eigenvalue weighted by molar-refractivity contribution is -0.127. The Kier molecular flexibility index (Phi) is 6.37. The van der Waals surface area contributed by atoms with Crippen LogP contribution in [0.25, 0.3) is 0 Å². The molecule has 1 aliphatic carbocycles. The summed E-state index contributed by atoms with van der Waals surface area (Å²) in [5.74, 6) is -0.0848. The molecule has 2 unspecified atom stereocenters. The molecule has 0 aromatic carbocycles. The van der Waals surface area contributed by atoms with Crippen molar-refractivity contribution in [1.29, 1.82) is 0 Å². The van der Waals surface area contributed by atoms with E-state index in [9.17, 15) is 4.79 Å². The molecule has 1 rings (SSSR count). The van der Waals surface area contributed by atoms with Crippen LogP contribution in [0.5, 0.6) is 0 Å². The van der Waals surface area contributed by atoms with Crippen molar-refractivity contribution in [2.45, 2.75) is 37.8 Å². The molecule has 0 saturated heterocycles. The number of methoxy groups -OCH3 is 1. The molecular weight excluding hydrogens is 208 g/mol. The smallest absolute Gasteiger partial charge is 0.246 e. The van der Waals surface area contributed by atoms with E-state index in [-0.39, 0.29) is 24.6 Å². The SMILES string of the molecule is COCCOCC(=O)NC1CCCCC1N. The average molecular weight is 230 g/mol. The number of nitrogens with two attached hydrogens (primary N) is 1. The van der Waals surface area contributed by atoms with Crippen molar-refractivity contribution in [2.24, 2.45) is 5.73 Å². The maximum atomic E-state index is 11.5. The summed E-state index contributed by atoms with van der Waals surface area (Å²) >= 11 is 0. The molecule has 0 bridgehead atoms. The molecule has 5 nitrogen and oxygen atoms in total. The first kappa shape index (κ1) is 13.4. The highest BCUT2D eigenvalue weighted by Crippen LogP contribution is 2.16. The molecule has 94 valence electrons. The van der Waals surface area contributed by atoms with Crippen LogP contribution in [0.2, 0.25) is 0 Å². The van der Waals surface area contributed by atoms with E-state index in [1.807, 2.05) is 0 Å². The highest BCUT2D eigenvalue weighted by molar-refractivity contribution is 5.77. The van der Waals surface area contributed by atoms with E-state index < -0.39 is 0 Å². The van der Waals surface area contributed by atoms with Crippen LogP contribution in [0, 0.1) is 0 Å². The first-order chi connectivity index (χ1) is 7.74. The highest BCUT2D eigenvalue weighted by atomic mass is 16.5. The first-order valence-electron chi connectivity index (χ1n) is 5.85. The number of carbonyl (C=O) groups is 1.